The Kier molecular flexibility index (Phi) is 5.67. The highest BCUT2D eigenvalue weighted by molar-refractivity contribution is 6.01. The van der Waals surface area contributed by atoms with E-state index in [-0.39, 0.29) is 37.7 Å². The fraction of sp³-hybridized carbons (Fsp3) is 0.294. The molecule has 0 amide bonds. The van der Waals surface area contributed by atoms with E-state index in [9.17, 15) is 20.1 Å². The first kappa shape index (κ1) is 16.9. The molecule has 0 saturated heterocycles. The maximum Gasteiger partial charge on any atom is 0.340 e. The summed E-state index contributed by atoms with van der Waals surface area (Å²) in [5.41, 5.74) is 2.10. The number of anilines is 1. The molecule has 0 spiro atoms. The number of aryl methyl sites for hydroxylation is 1. The summed E-state index contributed by atoms with van der Waals surface area (Å²) in [5.74, 6) is -0.827. The van der Waals surface area contributed by atoms with Gasteiger partial charge in [-0.15, -0.1) is 0 Å². The lowest BCUT2D eigenvalue weighted by atomic mass is 9.99. The summed E-state index contributed by atoms with van der Waals surface area (Å²) in [6.07, 6.45) is 0. The number of pyridine rings is 1. The Morgan fingerprint density at radius 1 is 1.13 bits per heavy atom. The minimum absolute atomic E-state index is 0.0729. The van der Waals surface area contributed by atoms with Crippen LogP contribution >= 0.6 is 0 Å². The van der Waals surface area contributed by atoms with Gasteiger partial charge in [-0.25, -0.2) is 9.78 Å². The summed E-state index contributed by atoms with van der Waals surface area (Å²) in [5, 5.41) is 28.1. The lowest BCUT2D eigenvalue weighted by Gasteiger charge is -2.25. The smallest absolute Gasteiger partial charge is 0.340 e. The van der Waals surface area contributed by atoms with E-state index in [0.29, 0.717) is 11.3 Å². The quantitative estimate of drug-likeness (QED) is 0.717. The number of aliphatic hydroxyl groups is 2. The van der Waals surface area contributed by atoms with Crippen molar-refractivity contribution in [1.29, 1.82) is 0 Å². The van der Waals surface area contributed by atoms with Crippen molar-refractivity contribution in [2.24, 2.45) is 0 Å². The van der Waals surface area contributed by atoms with Gasteiger partial charge in [0.05, 0.1) is 13.2 Å². The monoisotopic (exact) mass is 316 g/mol. The van der Waals surface area contributed by atoms with Gasteiger partial charge in [-0.2, -0.15) is 0 Å². The Bertz CT molecular complexity index is 668. The second-order valence-corrected chi connectivity index (χ2v) is 5.12. The van der Waals surface area contributed by atoms with Crippen LogP contribution in [0, 0.1) is 6.92 Å². The van der Waals surface area contributed by atoms with Gasteiger partial charge in [0.15, 0.2) is 0 Å². The number of hydrogen-bond acceptors (Lipinski definition) is 5. The zero-order valence-electron chi connectivity index (χ0n) is 12.9. The van der Waals surface area contributed by atoms with Crippen LogP contribution in [0.2, 0.25) is 0 Å². The highest BCUT2D eigenvalue weighted by atomic mass is 16.4. The largest absolute Gasteiger partial charge is 0.478 e. The van der Waals surface area contributed by atoms with Crippen molar-refractivity contribution in [3.63, 3.8) is 0 Å². The summed E-state index contributed by atoms with van der Waals surface area (Å²) in [6.45, 7) is 1.87. The fourth-order valence-electron chi connectivity index (χ4n) is 2.51. The molecule has 0 aliphatic rings. The molecule has 0 bridgehead atoms. The molecular formula is C17H20N2O4. The molecule has 0 aliphatic carbocycles. The number of hydrogen-bond donors (Lipinski definition) is 3. The van der Waals surface area contributed by atoms with Crippen LogP contribution in [-0.2, 0) is 0 Å². The van der Waals surface area contributed by atoms with Crippen LogP contribution in [0.15, 0.2) is 36.4 Å². The molecule has 1 aromatic heterocycles. The average molecular weight is 316 g/mol. The summed E-state index contributed by atoms with van der Waals surface area (Å²) >= 11 is 0. The molecule has 0 radical (unpaired) electrons. The van der Waals surface area contributed by atoms with E-state index in [0.717, 1.165) is 5.56 Å². The second-order valence-electron chi connectivity index (χ2n) is 5.12. The van der Waals surface area contributed by atoms with Crippen LogP contribution in [-0.4, -0.2) is 52.6 Å². The maximum atomic E-state index is 11.8. The van der Waals surface area contributed by atoms with Crippen LogP contribution in [0.5, 0.6) is 0 Å². The Labute approximate surface area is 134 Å². The van der Waals surface area contributed by atoms with Gasteiger partial charge in [-0.1, -0.05) is 30.3 Å². The third-order valence-electron chi connectivity index (χ3n) is 3.47. The Hall–Kier alpha value is -2.44. The van der Waals surface area contributed by atoms with Crippen molar-refractivity contribution < 1.29 is 20.1 Å². The number of aromatic nitrogens is 1. The van der Waals surface area contributed by atoms with E-state index in [1.807, 2.05) is 30.3 Å². The minimum atomic E-state index is -1.09. The minimum Gasteiger partial charge on any atom is -0.478 e. The third-order valence-corrected chi connectivity index (χ3v) is 3.47. The number of benzene rings is 1. The number of rotatable bonds is 7. The first-order valence-electron chi connectivity index (χ1n) is 7.35. The van der Waals surface area contributed by atoms with Crippen molar-refractivity contribution in [3.05, 3.63) is 47.7 Å². The van der Waals surface area contributed by atoms with Crippen LogP contribution in [0.1, 0.15) is 16.1 Å². The van der Waals surface area contributed by atoms with Crippen molar-refractivity contribution >= 4 is 11.8 Å². The normalized spacial score (nSPS) is 10.6. The van der Waals surface area contributed by atoms with E-state index in [2.05, 4.69) is 4.98 Å². The van der Waals surface area contributed by atoms with Crippen molar-refractivity contribution in [3.8, 4) is 11.1 Å². The summed E-state index contributed by atoms with van der Waals surface area (Å²) < 4.78 is 0. The zero-order chi connectivity index (χ0) is 16.8. The molecule has 6 nitrogen and oxygen atoms in total. The van der Waals surface area contributed by atoms with Gasteiger partial charge in [0.25, 0.3) is 0 Å². The molecule has 1 aromatic carbocycles. The molecule has 0 unspecified atom stereocenters. The molecule has 2 aromatic rings. The number of carbonyl (C=O) groups is 1. The van der Waals surface area contributed by atoms with Gasteiger partial charge in [0.1, 0.15) is 11.4 Å². The van der Waals surface area contributed by atoms with Gasteiger partial charge in [-0.3, -0.25) is 0 Å². The number of carboxylic acid groups (broad SMARTS) is 1. The van der Waals surface area contributed by atoms with Crippen LogP contribution in [0.4, 0.5) is 5.82 Å². The summed E-state index contributed by atoms with van der Waals surface area (Å²) in [7, 11) is 0. The average Bonchev–Trinajstić information content (AvgIpc) is 2.54. The third kappa shape index (κ3) is 3.85. The number of carboxylic acids is 1. The zero-order valence-corrected chi connectivity index (χ0v) is 12.9. The molecule has 2 rings (SSSR count). The summed E-state index contributed by atoms with van der Waals surface area (Å²) in [4.78, 5) is 17.8. The Balaban J connectivity index is 2.66. The predicted molar refractivity (Wildman–Crippen MR) is 87.8 cm³/mol. The van der Waals surface area contributed by atoms with Crippen molar-refractivity contribution in [2.75, 3.05) is 31.2 Å². The lowest BCUT2D eigenvalue weighted by Crippen LogP contribution is -2.32. The standard InChI is InChI=1S/C17H20N2O4/c1-12-11-14(13-5-3-2-4-6-13)15(17(22)23)16(18-12)19(7-9-20)8-10-21/h2-6,11,20-21H,7-10H2,1H3,(H,22,23). The molecule has 0 saturated carbocycles. The maximum absolute atomic E-state index is 11.8. The van der Waals surface area contributed by atoms with Crippen molar-refractivity contribution in [1.82, 2.24) is 4.98 Å². The molecule has 6 heteroatoms. The van der Waals surface area contributed by atoms with E-state index < -0.39 is 5.97 Å². The SMILES string of the molecule is Cc1cc(-c2ccccc2)c(C(=O)O)c(N(CCO)CCO)n1. The second kappa shape index (κ2) is 7.71. The Morgan fingerprint density at radius 2 is 1.74 bits per heavy atom. The van der Waals surface area contributed by atoms with Gasteiger partial charge in [0, 0.05) is 24.3 Å². The van der Waals surface area contributed by atoms with E-state index in [4.69, 9.17) is 0 Å². The van der Waals surface area contributed by atoms with Crippen LogP contribution in [0.25, 0.3) is 11.1 Å². The molecule has 3 N–H and O–H groups in total. The Morgan fingerprint density at radius 3 is 2.26 bits per heavy atom. The molecular weight excluding hydrogens is 296 g/mol. The van der Waals surface area contributed by atoms with E-state index in [1.165, 1.54) is 0 Å². The number of aromatic carboxylic acids is 1. The van der Waals surface area contributed by atoms with Crippen LogP contribution < -0.4 is 4.90 Å². The summed E-state index contributed by atoms with van der Waals surface area (Å²) in [6, 6.07) is 11.0. The number of aliphatic hydroxyl groups excluding tert-OH is 2. The molecule has 1 heterocycles. The molecule has 0 atom stereocenters. The lowest BCUT2D eigenvalue weighted by molar-refractivity contribution is 0.0697. The molecule has 0 aliphatic heterocycles. The van der Waals surface area contributed by atoms with Crippen LogP contribution in [0.3, 0.4) is 0 Å². The fourth-order valence-corrected chi connectivity index (χ4v) is 2.51. The first-order chi connectivity index (χ1) is 11.1. The van der Waals surface area contributed by atoms with Gasteiger partial charge < -0.3 is 20.2 Å². The highest BCUT2D eigenvalue weighted by Gasteiger charge is 2.23. The first-order valence-corrected chi connectivity index (χ1v) is 7.35. The number of nitrogens with zero attached hydrogens (tertiary/aromatic N) is 2. The van der Waals surface area contributed by atoms with E-state index in [1.54, 1.807) is 17.9 Å². The van der Waals surface area contributed by atoms with Gasteiger partial charge in [-0.05, 0) is 18.6 Å². The van der Waals surface area contributed by atoms with Gasteiger partial charge >= 0.3 is 5.97 Å². The molecule has 122 valence electrons. The van der Waals surface area contributed by atoms with E-state index >= 15 is 0 Å². The van der Waals surface area contributed by atoms with Crippen molar-refractivity contribution in [2.45, 2.75) is 6.92 Å². The highest BCUT2D eigenvalue weighted by Crippen LogP contribution is 2.31. The topological polar surface area (TPSA) is 93.9 Å². The molecule has 0 fully saturated rings. The predicted octanol–water partition coefficient (Wildman–Crippen LogP) is 1.55. The molecule has 23 heavy (non-hydrogen) atoms. The van der Waals surface area contributed by atoms with Gasteiger partial charge in [0.2, 0.25) is 0 Å².